The molecule has 0 bridgehead atoms. The highest BCUT2D eigenvalue weighted by molar-refractivity contribution is 9.10. The summed E-state index contributed by atoms with van der Waals surface area (Å²) in [6, 6.07) is 11.0. The Morgan fingerprint density at radius 1 is 1.30 bits per heavy atom. The normalized spacial score (nSPS) is 10.5. The van der Waals surface area contributed by atoms with Crippen LogP contribution in [0.25, 0.3) is 10.7 Å². The third-order valence-electron chi connectivity index (χ3n) is 2.98. The molecule has 3 aromatic rings. The maximum atomic E-state index is 12.1. The van der Waals surface area contributed by atoms with Gasteiger partial charge < -0.3 is 5.32 Å². The van der Waals surface area contributed by atoms with Crippen LogP contribution in [0.5, 0.6) is 0 Å². The van der Waals surface area contributed by atoms with Crippen LogP contribution in [-0.4, -0.2) is 15.9 Å². The van der Waals surface area contributed by atoms with Gasteiger partial charge in [0.1, 0.15) is 5.01 Å². The SMILES string of the molecule is O=C(Cc1csc(-c2ccccn2)n1)Nc1ccc(Br)cc1Cl. The first-order chi connectivity index (χ1) is 11.1. The number of nitrogens with one attached hydrogen (secondary N) is 1. The van der Waals surface area contributed by atoms with Gasteiger partial charge in [-0.15, -0.1) is 11.3 Å². The lowest BCUT2D eigenvalue weighted by molar-refractivity contribution is -0.115. The molecule has 1 amide bonds. The Kier molecular flexibility index (Phi) is 5.05. The number of hydrogen-bond acceptors (Lipinski definition) is 4. The summed E-state index contributed by atoms with van der Waals surface area (Å²) in [5, 5.41) is 5.95. The third-order valence-corrected chi connectivity index (χ3v) is 4.70. The van der Waals surface area contributed by atoms with Crippen LogP contribution in [0.4, 0.5) is 5.69 Å². The van der Waals surface area contributed by atoms with Gasteiger partial charge in [0.05, 0.1) is 28.5 Å². The maximum absolute atomic E-state index is 12.1. The highest BCUT2D eigenvalue weighted by Crippen LogP contribution is 2.26. The molecule has 2 heterocycles. The molecule has 4 nitrogen and oxygen atoms in total. The molecule has 0 atom stereocenters. The van der Waals surface area contributed by atoms with Crippen molar-refractivity contribution in [3.63, 3.8) is 0 Å². The van der Waals surface area contributed by atoms with Crippen molar-refractivity contribution in [2.75, 3.05) is 5.32 Å². The zero-order valence-electron chi connectivity index (χ0n) is 11.8. The molecular formula is C16H11BrClN3OS. The van der Waals surface area contributed by atoms with Gasteiger partial charge >= 0.3 is 0 Å². The number of carbonyl (C=O) groups excluding carboxylic acids is 1. The number of nitrogens with zero attached hydrogens (tertiary/aromatic N) is 2. The zero-order valence-corrected chi connectivity index (χ0v) is 15.0. The molecule has 1 N–H and O–H groups in total. The van der Waals surface area contributed by atoms with Gasteiger partial charge in [0.25, 0.3) is 0 Å². The minimum Gasteiger partial charge on any atom is -0.324 e. The molecule has 0 aliphatic rings. The highest BCUT2D eigenvalue weighted by Gasteiger charge is 2.11. The van der Waals surface area contributed by atoms with Gasteiger partial charge in [-0.1, -0.05) is 33.6 Å². The van der Waals surface area contributed by atoms with Crippen LogP contribution in [0, 0.1) is 0 Å². The number of rotatable bonds is 4. The van der Waals surface area contributed by atoms with Gasteiger partial charge in [0, 0.05) is 16.0 Å². The molecule has 0 saturated carbocycles. The molecule has 0 unspecified atom stereocenters. The van der Waals surface area contributed by atoms with E-state index in [0.29, 0.717) is 16.4 Å². The number of hydrogen-bond donors (Lipinski definition) is 1. The van der Waals surface area contributed by atoms with Crippen LogP contribution in [-0.2, 0) is 11.2 Å². The Hall–Kier alpha value is -1.76. The van der Waals surface area contributed by atoms with Gasteiger partial charge in [0.2, 0.25) is 5.91 Å². The summed E-state index contributed by atoms with van der Waals surface area (Å²) in [4.78, 5) is 20.8. The summed E-state index contributed by atoms with van der Waals surface area (Å²) >= 11 is 10.9. The molecule has 116 valence electrons. The monoisotopic (exact) mass is 407 g/mol. The summed E-state index contributed by atoms with van der Waals surface area (Å²) in [6.07, 6.45) is 1.91. The number of anilines is 1. The van der Waals surface area contributed by atoms with E-state index in [4.69, 9.17) is 11.6 Å². The fourth-order valence-corrected chi connectivity index (χ4v) is 3.46. The lowest BCUT2D eigenvalue weighted by Gasteiger charge is -2.06. The van der Waals surface area contributed by atoms with E-state index < -0.39 is 0 Å². The van der Waals surface area contributed by atoms with E-state index in [0.717, 1.165) is 15.2 Å². The van der Waals surface area contributed by atoms with E-state index in [9.17, 15) is 4.79 Å². The second kappa shape index (κ2) is 7.21. The predicted octanol–water partition coefficient (Wildman–Crippen LogP) is 4.80. The van der Waals surface area contributed by atoms with Gasteiger partial charge in [-0.05, 0) is 30.3 Å². The lowest BCUT2D eigenvalue weighted by atomic mass is 10.3. The molecule has 0 aliphatic heterocycles. The summed E-state index contributed by atoms with van der Waals surface area (Å²) in [7, 11) is 0. The van der Waals surface area contributed by atoms with Crippen molar-refractivity contribution in [1.82, 2.24) is 9.97 Å². The molecule has 0 spiro atoms. The van der Waals surface area contributed by atoms with Crippen LogP contribution in [0.3, 0.4) is 0 Å². The van der Waals surface area contributed by atoms with Crippen LogP contribution < -0.4 is 5.32 Å². The van der Waals surface area contributed by atoms with Crippen molar-refractivity contribution in [3.05, 3.63) is 63.2 Å². The van der Waals surface area contributed by atoms with E-state index in [1.54, 1.807) is 18.3 Å². The van der Waals surface area contributed by atoms with Gasteiger partial charge in [-0.3, -0.25) is 9.78 Å². The quantitative estimate of drug-likeness (QED) is 0.674. The number of amides is 1. The second-order valence-corrected chi connectivity index (χ2v) is 6.89. The first kappa shape index (κ1) is 16.1. The van der Waals surface area contributed by atoms with Crippen molar-refractivity contribution in [2.45, 2.75) is 6.42 Å². The van der Waals surface area contributed by atoms with Gasteiger partial charge in [0.15, 0.2) is 0 Å². The Bertz CT molecular complexity index is 838. The standard InChI is InChI=1S/C16H11BrClN3OS/c17-10-4-5-13(12(18)7-10)21-15(22)8-11-9-23-16(20-11)14-3-1-2-6-19-14/h1-7,9H,8H2,(H,21,22). The summed E-state index contributed by atoms with van der Waals surface area (Å²) < 4.78 is 0.861. The Morgan fingerprint density at radius 3 is 2.91 bits per heavy atom. The van der Waals surface area contributed by atoms with Crippen molar-refractivity contribution >= 4 is 50.5 Å². The average Bonchev–Trinajstić information content (AvgIpc) is 2.99. The Morgan fingerprint density at radius 2 is 2.17 bits per heavy atom. The molecule has 0 saturated heterocycles. The molecule has 7 heteroatoms. The van der Waals surface area contributed by atoms with Gasteiger partial charge in [-0.2, -0.15) is 0 Å². The molecule has 2 aromatic heterocycles. The van der Waals surface area contributed by atoms with E-state index >= 15 is 0 Å². The molecule has 3 rings (SSSR count). The van der Waals surface area contributed by atoms with Gasteiger partial charge in [-0.25, -0.2) is 4.98 Å². The molecule has 0 fully saturated rings. The van der Waals surface area contributed by atoms with Crippen molar-refractivity contribution in [3.8, 4) is 10.7 Å². The second-order valence-electron chi connectivity index (χ2n) is 4.71. The molecule has 0 radical (unpaired) electrons. The first-order valence-corrected chi connectivity index (χ1v) is 8.77. The Labute approximate surface area is 150 Å². The number of benzene rings is 1. The third kappa shape index (κ3) is 4.16. The number of pyridine rings is 1. The van der Waals surface area contributed by atoms with Crippen LogP contribution in [0.2, 0.25) is 5.02 Å². The average molecular weight is 409 g/mol. The largest absolute Gasteiger partial charge is 0.324 e. The summed E-state index contributed by atoms with van der Waals surface area (Å²) in [5.74, 6) is -0.160. The number of aromatic nitrogens is 2. The van der Waals surface area contributed by atoms with Crippen LogP contribution >= 0.6 is 38.9 Å². The summed E-state index contributed by atoms with van der Waals surface area (Å²) in [6.45, 7) is 0. The minimum atomic E-state index is -0.160. The lowest BCUT2D eigenvalue weighted by Crippen LogP contribution is -2.14. The topological polar surface area (TPSA) is 54.9 Å². The highest BCUT2D eigenvalue weighted by atomic mass is 79.9. The predicted molar refractivity (Wildman–Crippen MR) is 96.8 cm³/mol. The van der Waals surface area contributed by atoms with E-state index in [2.05, 4.69) is 31.2 Å². The molecule has 1 aromatic carbocycles. The first-order valence-electron chi connectivity index (χ1n) is 6.72. The van der Waals surface area contributed by atoms with Crippen molar-refractivity contribution in [2.24, 2.45) is 0 Å². The summed E-state index contributed by atoms with van der Waals surface area (Å²) in [5.41, 5.74) is 2.10. The smallest absolute Gasteiger partial charge is 0.230 e. The Balaban J connectivity index is 1.68. The molecular weight excluding hydrogens is 398 g/mol. The zero-order chi connectivity index (χ0) is 16.2. The van der Waals surface area contributed by atoms with Crippen molar-refractivity contribution < 1.29 is 4.79 Å². The minimum absolute atomic E-state index is 0.160. The van der Waals surface area contributed by atoms with E-state index in [1.807, 2.05) is 29.6 Å². The molecule has 0 aliphatic carbocycles. The van der Waals surface area contributed by atoms with E-state index in [-0.39, 0.29) is 12.3 Å². The van der Waals surface area contributed by atoms with Crippen LogP contribution in [0.1, 0.15) is 5.69 Å². The fraction of sp³-hybridized carbons (Fsp3) is 0.0625. The van der Waals surface area contributed by atoms with Crippen molar-refractivity contribution in [1.29, 1.82) is 0 Å². The number of halogens is 2. The fourth-order valence-electron chi connectivity index (χ4n) is 1.94. The number of thiazole rings is 1. The maximum Gasteiger partial charge on any atom is 0.230 e. The van der Waals surface area contributed by atoms with E-state index in [1.165, 1.54) is 11.3 Å². The number of carbonyl (C=O) groups is 1. The van der Waals surface area contributed by atoms with Crippen LogP contribution in [0.15, 0.2) is 52.4 Å². The molecule has 23 heavy (non-hydrogen) atoms.